The molecule has 0 spiro atoms. The first-order chi connectivity index (χ1) is 18.0. The molecule has 39 heavy (non-hydrogen) atoms. The van der Waals surface area contributed by atoms with Crippen molar-refractivity contribution in [3.05, 3.63) is 86.9 Å². The maximum absolute atomic E-state index is 15.4. The van der Waals surface area contributed by atoms with E-state index in [2.05, 4.69) is 26.2 Å². The summed E-state index contributed by atoms with van der Waals surface area (Å²) in [5.74, 6) is -3.00. The Hall–Kier alpha value is -3.26. The summed E-state index contributed by atoms with van der Waals surface area (Å²) in [5.41, 5.74) is -9.01. The van der Waals surface area contributed by atoms with Gasteiger partial charge in [-0.3, -0.25) is 14.6 Å². The van der Waals surface area contributed by atoms with Crippen molar-refractivity contribution in [1.29, 1.82) is 0 Å². The van der Waals surface area contributed by atoms with Gasteiger partial charge >= 0.3 is 18.0 Å². The fourth-order valence-electron chi connectivity index (χ4n) is 3.53. The van der Waals surface area contributed by atoms with Crippen molar-refractivity contribution < 1.29 is 44.7 Å². The van der Waals surface area contributed by atoms with Crippen LogP contribution in [0, 0.1) is 5.82 Å². The van der Waals surface area contributed by atoms with Crippen LogP contribution >= 0.6 is 27.5 Å². The Kier molecular flexibility index (Phi) is 8.60. The van der Waals surface area contributed by atoms with Gasteiger partial charge < -0.3 is 10.2 Å². The third-order valence-electron chi connectivity index (χ3n) is 5.44. The Morgan fingerprint density at radius 1 is 1.03 bits per heavy atom. The molecule has 1 aromatic heterocycles. The molecule has 0 aliphatic heterocycles. The molecule has 208 valence electrons. The van der Waals surface area contributed by atoms with E-state index >= 15 is 4.39 Å². The van der Waals surface area contributed by atoms with Crippen LogP contribution in [0.2, 0.25) is 5.02 Å². The van der Waals surface area contributed by atoms with E-state index in [1.807, 2.05) is 0 Å². The predicted octanol–water partition coefficient (Wildman–Crippen LogP) is 7.85. The summed E-state index contributed by atoms with van der Waals surface area (Å²) < 4.78 is 108. The van der Waals surface area contributed by atoms with E-state index in [-0.39, 0.29) is 29.9 Å². The predicted molar refractivity (Wildman–Crippen MR) is 130 cm³/mol. The van der Waals surface area contributed by atoms with Gasteiger partial charge in [-0.15, -0.1) is 0 Å². The first-order valence-electron chi connectivity index (χ1n) is 10.7. The van der Waals surface area contributed by atoms with Crippen molar-refractivity contribution in [3.63, 3.8) is 0 Å². The van der Waals surface area contributed by atoms with Gasteiger partial charge in [0.25, 0.3) is 11.8 Å². The van der Waals surface area contributed by atoms with Crippen molar-refractivity contribution in [2.75, 3.05) is 16.8 Å². The first-order valence-corrected chi connectivity index (χ1v) is 11.8. The lowest BCUT2D eigenvalue weighted by Crippen LogP contribution is -2.50. The second-order valence-electron chi connectivity index (χ2n) is 7.85. The molecule has 0 fully saturated rings. The lowest BCUT2D eigenvalue weighted by Gasteiger charge is -2.30. The molecule has 3 rings (SSSR count). The van der Waals surface area contributed by atoms with E-state index in [4.69, 9.17) is 11.6 Å². The van der Waals surface area contributed by atoms with E-state index in [9.17, 15) is 40.3 Å². The number of nitrogens with one attached hydrogen (secondary N) is 1. The average Bonchev–Trinajstić information content (AvgIpc) is 2.85. The molecule has 0 unspecified atom stereocenters. The monoisotopic (exact) mass is 643 g/mol. The average molecular weight is 645 g/mol. The van der Waals surface area contributed by atoms with Gasteiger partial charge in [0.1, 0.15) is 0 Å². The van der Waals surface area contributed by atoms with Crippen LogP contribution in [0.4, 0.5) is 46.5 Å². The summed E-state index contributed by atoms with van der Waals surface area (Å²) in [6, 6.07) is 6.63. The van der Waals surface area contributed by atoms with Gasteiger partial charge in [-0.25, -0.2) is 8.78 Å². The molecule has 3 aromatic rings. The van der Waals surface area contributed by atoms with E-state index < -0.39 is 62.0 Å². The fraction of sp³-hybridized carbons (Fsp3) is 0.208. The number of benzene rings is 2. The summed E-state index contributed by atoms with van der Waals surface area (Å²) in [5, 5.41) is 1.18. The SMILES string of the molecule is CCN(C(=O)c1cccnc1)c1cccc(C(=O)Nc2c(Cl)cc(C(F)(C(F)(F)F)C(F)(F)F)cc2Br)c1F. The number of anilines is 2. The first kappa shape index (κ1) is 30.3. The number of carbonyl (C=O) groups excluding carboxylic acids is 2. The number of hydrogen-bond donors (Lipinski definition) is 1. The molecular weight excluding hydrogens is 630 g/mol. The molecule has 2 aromatic carbocycles. The van der Waals surface area contributed by atoms with Gasteiger partial charge in [0, 0.05) is 29.0 Å². The van der Waals surface area contributed by atoms with Gasteiger partial charge in [0.15, 0.2) is 5.82 Å². The third kappa shape index (κ3) is 5.71. The maximum atomic E-state index is 15.4. The summed E-state index contributed by atoms with van der Waals surface area (Å²) >= 11 is 8.51. The largest absolute Gasteiger partial charge is 0.435 e. The van der Waals surface area contributed by atoms with Crippen LogP contribution < -0.4 is 10.2 Å². The Labute approximate surface area is 228 Å². The molecule has 0 aliphatic rings. The molecular formula is C24H15BrClF8N3O2. The van der Waals surface area contributed by atoms with Crippen LogP contribution in [-0.2, 0) is 5.67 Å². The number of pyridine rings is 1. The van der Waals surface area contributed by atoms with Crippen LogP contribution in [0.1, 0.15) is 33.2 Å². The minimum atomic E-state index is -6.39. The van der Waals surface area contributed by atoms with E-state index in [0.29, 0.717) is 0 Å². The van der Waals surface area contributed by atoms with Crippen LogP contribution in [-0.4, -0.2) is 35.7 Å². The molecule has 0 bridgehead atoms. The molecule has 0 saturated heterocycles. The third-order valence-corrected chi connectivity index (χ3v) is 6.37. The molecule has 0 aliphatic carbocycles. The summed E-state index contributed by atoms with van der Waals surface area (Å²) in [4.78, 5) is 30.6. The fourth-order valence-corrected chi connectivity index (χ4v) is 4.47. The van der Waals surface area contributed by atoms with Crippen LogP contribution in [0.3, 0.4) is 0 Å². The quantitative estimate of drug-likeness (QED) is 0.278. The normalized spacial score (nSPS) is 12.3. The summed E-state index contributed by atoms with van der Waals surface area (Å²) in [6.07, 6.45) is -10.1. The van der Waals surface area contributed by atoms with Crippen molar-refractivity contribution in [2.24, 2.45) is 0 Å². The van der Waals surface area contributed by atoms with Gasteiger partial charge in [-0.1, -0.05) is 17.7 Å². The summed E-state index contributed by atoms with van der Waals surface area (Å²) in [6.45, 7) is 1.53. The van der Waals surface area contributed by atoms with Crippen molar-refractivity contribution in [3.8, 4) is 0 Å². The molecule has 0 atom stereocenters. The number of carbonyl (C=O) groups is 2. The smallest absolute Gasteiger partial charge is 0.320 e. The molecule has 0 saturated carbocycles. The number of rotatable bonds is 6. The van der Waals surface area contributed by atoms with Crippen LogP contribution in [0.15, 0.2) is 59.3 Å². The second-order valence-corrected chi connectivity index (χ2v) is 9.11. The lowest BCUT2D eigenvalue weighted by atomic mass is 9.94. The number of hydrogen-bond acceptors (Lipinski definition) is 3. The molecule has 0 radical (unpaired) electrons. The minimum Gasteiger partial charge on any atom is -0.320 e. The van der Waals surface area contributed by atoms with Crippen molar-refractivity contribution in [1.82, 2.24) is 4.98 Å². The van der Waals surface area contributed by atoms with Gasteiger partial charge in [0.2, 0.25) is 0 Å². The van der Waals surface area contributed by atoms with Gasteiger partial charge in [0.05, 0.1) is 27.5 Å². The molecule has 2 amide bonds. The van der Waals surface area contributed by atoms with E-state index in [1.165, 1.54) is 36.7 Å². The number of halogens is 10. The topological polar surface area (TPSA) is 62.3 Å². The lowest BCUT2D eigenvalue weighted by molar-refractivity contribution is -0.348. The highest BCUT2D eigenvalue weighted by molar-refractivity contribution is 9.10. The Morgan fingerprint density at radius 2 is 1.67 bits per heavy atom. The Balaban J connectivity index is 1.98. The molecule has 5 nitrogen and oxygen atoms in total. The highest BCUT2D eigenvalue weighted by Gasteiger charge is 2.73. The van der Waals surface area contributed by atoms with Crippen LogP contribution in [0.5, 0.6) is 0 Å². The van der Waals surface area contributed by atoms with Gasteiger partial charge in [-0.2, -0.15) is 26.3 Å². The number of aromatic nitrogens is 1. The van der Waals surface area contributed by atoms with Crippen molar-refractivity contribution in [2.45, 2.75) is 24.9 Å². The summed E-state index contributed by atoms with van der Waals surface area (Å²) in [7, 11) is 0. The molecule has 15 heteroatoms. The molecule has 1 N–H and O–H groups in total. The number of nitrogens with zero attached hydrogens (tertiary/aromatic N) is 2. The van der Waals surface area contributed by atoms with Gasteiger partial charge in [-0.05, 0) is 59.3 Å². The second kappa shape index (κ2) is 11.1. The molecule has 1 heterocycles. The highest BCUT2D eigenvalue weighted by atomic mass is 79.9. The van der Waals surface area contributed by atoms with E-state index in [1.54, 1.807) is 6.92 Å². The van der Waals surface area contributed by atoms with E-state index in [0.717, 1.165) is 11.0 Å². The zero-order valence-electron chi connectivity index (χ0n) is 19.4. The Morgan fingerprint density at radius 3 is 2.18 bits per heavy atom. The highest BCUT2D eigenvalue weighted by Crippen LogP contribution is 2.54. The van der Waals surface area contributed by atoms with Crippen LogP contribution in [0.25, 0.3) is 0 Å². The minimum absolute atomic E-state index is 0.0159. The number of alkyl halides is 7. The maximum Gasteiger partial charge on any atom is 0.435 e. The Bertz CT molecular complexity index is 1360. The standard InChI is InChI=1S/C24H15BrClF8N3O2/c1-2-37(21(39)12-5-4-8-35-11-12)17-7-3-6-14(18(17)27)20(38)36-19-15(25)9-13(10-16(19)26)22(28,23(29,30)31)24(32,33)34/h3-11H,2H2,1H3,(H,36,38). The zero-order chi connectivity index (χ0) is 29.3. The zero-order valence-corrected chi connectivity index (χ0v) is 21.7. The van der Waals surface area contributed by atoms with Crippen molar-refractivity contribution >= 4 is 50.7 Å². The number of amides is 2.